The number of amides is 1. The molecule has 0 spiro atoms. The molecular formula is C15H19Cl2FN2O. The molecule has 0 radical (unpaired) electrons. The largest absolute Gasteiger partial charge is 0.349 e. The standard InChI is InChI=1S/C15H19Cl2FN2O/c1-8(11-5-14(18)13(17)6-12(11)16)20-15(21)10-4-2-3-9(10)7-19/h5-6,8-10H,2-4,7,19H2,1H3,(H,20,21)/t8?,9-,10-/m1/s1. The number of halogens is 3. The van der Waals surface area contributed by atoms with E-state index in [9.17, 15) is 9.18 Å². The third kappa shape index (κ3) is 3.68. The van der Waals surface area contributed by atoms with E-state index < -0.39 is 5.82 Å². The van der Waals surface area contributed by atoms with Crippen LogP contribution in [0.2, 0.25) is 10.0 Å². The quantitative estimate of drug-likeness (QED) is 0.826. The minimum atomic E-state index is -0.544. The molecule has 6 heteroatoms. The number of carbonyl (C=O) groups is 1. The van der Waals surface area contributed by atoms with Gasteiger partial charge in [0.25, 0.3) is 0 Å². The number of benzene rings is 1. The van der Waals surface area contributed by atoms with E-state index in [1.54, 1.807) is 6.92 Å². The Labute approximate surface area is 134 Å². The highest BCUT2D eigenvalue weighted by Gasteiger charge is 2.32. The molecule has 1 saturated carbocycles. The fraction of sp³-hybridized carbons (Fsp3) is 0.533. The SMILES string of the molecule is CC(NC(=O)[C@@H]1CCC[C@@H]1CN)c1cc(F)c(Cl)cc1Cl. The summed E-state index contributed by atoms with van der Waals surface area (Å²) in [5.74, 6) is -0.414. The molecule has 2 rings (SSSR count). The average molecular weight is 333 g/mol. The minimum Gasteiger partial charge on any atom is -0.349 e. The van der Waals surface area contributed by atoms with Crippen molar-refractivity contribution in [1.29, 1.82) is 0 Å². The maximum atomic E-state index is 13.6. The Balaban J connectivity index is 2.09. The highest BCUT2D eigenvalue weighted by atomic mass is 35.5. The molecule has 21 heavy (non-hydrogen) atoms. The monoisotopic (exact) mass is 332 g/mol. The van der Waals surface area contributed by atoms with Crippen molar-refractivity contribution in [3.63, 3.8) is 0 Å². The Kier molecular flexibility index (Phi) is 5.47. The first-order chi connectivity index (χ1) is 9.93. The van der Waals surface area contributed by atoms with Crippen LogP contribution in [0.3, 0.4) is 0 Å². The first kappa shape index (κ1) is 16.5. The van der Waals surface area contributed by atoms with Crippen molar-refractivity contribution in [3.8, 4) is 0 Å². The summed E-state index contributed by atoms with van der Waals surface area (Å²) in [6, 6.07) is 2.25. The van der Waals surface area contributed by atoms with Crippen LogP contribution in [-0.2, 0) is 4.79 Å². The summed E-state index contributed by atoms with van der Waals surface area (Å²) in [5, 5.41) is 3.22. The van der Waals surface area contributed by atoms with Gasteiger partial charge in [-0.3, -0.25) is 4.79 Å². The Bertz CT molecular complexity index is 539. The Morgan fingerprint density at radius 2 is 2.14 bits per heavy atom. The summed E-state index contributed by atoms with van der Waals surface area (Å²) in [7, 11) is 0. The van der Waals surface area contributed by atoms with Gasteiger partial charge in [0.15, 0.2) is 0 Å². The Morgan fingerprint density at radius 3 is 2.81 bits per heavy atom. The number of nitrogens with two attached hydrogens (primary N) is 1. The lowest BCUT2D eigenvalue weighted by atomic mass is 9.94. The van der Waals surface area contributed by atoms with E-state index >= 15 is 0 Å². The van der Waals surface area contributed by atoms with Gasteiger partial charge in [0.2, 0.25) is 5.91 Å². The highest BCUT2D eigenvalue weighted by Crippen LogP contribution is 2.33. The maximum Gasteiger partial charge on any atom is 0.223 e. The first-order valence-corrected chi connectivity index (χ1v) is 7.84. The molecule has 0 aliphatic heterocycles. The molecule has 0 saturated heterocycles. The van der Waals surface area contributed by atoms with Crippen molar-refractivity contribution in [2.75, 3.05) is 6.54 Å². The fourth-order valence-electron chi connectivity index (χ4n) is 2.93. The highest BCUT2D eigenvalue weighted by molar-refractivity contribution is 6.35. The van der Waals surface area contributed by atoms with E-state index in [4.69, 9.17) is 28.9 Å². The summed E-state index contributed by atoms with van der Waals surface area (Å²) in [4.78, 5) is 12.3. The van der Waals surface area contributed by atoms with Crippen LogP contribution in [0, 0.1) is 17.7 Å². The summed E-state index contributed by atoms with van der Waals surface area (Å²) in [6.45, 7) is 2.29. The Morgan fingerprint density at radius 1 is 1.43 bits per heavy atom. The zero-order chi connectivity index (χ0) is 15.6. The molecule has 0 aromatic heterocycles. The maximum absolute atomic E-state index is 13.6. The second-order valence-electron chi connectivity index (χ2n) is 5.55. The molecule has 1 unspecified atom stereocenters. The number of carbonyl (C=O) groups excluding carboxylic acids is 1. The molecule has 1 fully saturated rings. The van der Waals surface area contributed by atoms with Gasteiger partial charge < -0.3 is 11.1 Å². The van der Waals surface area contributed by atoms with Gasteiger partial charge in [0.05, 0.1) is 11.1 Å². The summed E-state index contributed by atoms with van der Waals surface area (Å²) in [5.41, 5.74) is 6.22. The number of nitrogens with one attached hydrogen (secondary N) is 1. The second kappa shape index (κ2) is 6.95. The topological polar surface area (TPSA) is 55.1 Å². The molecule has 1 amide bonds. The van der Waals surface area contributed by atoms with Crippen molar-refractivity contribution in [2.45, 2.75) is 32.2 Å². The van der Waals surface area contributed by atoms with E-state index in [2.05, 4.69) is 5.32 Å². The van der Waals surface area contributed by atoms with Crippen molar-refractivity contribution >= 4 is 29.1 Å². The molecule has 0 bridgehead atoms. The molecule has 116 valence electrons. The first-order valence-electron chi connectivity index (χ1n) is 7.09. The van der Waals surface area contributed by atoms with Crippen molar-refractivity contribution in [1.82, 2.24) is 5.32 Å². The lowest BCUT2D eigenvalue weighted by Gasteiger charge is -2.22. The van der Waals surface area contributed by atoms with Crippen LogP contribution in [0.15, 0.2) is 12.1 Å². The zero-order valence-corrected chi connectivity index (χ0v) is 13.3. The van der Waals surface area contributed by atoms with Crippen LogP contribution in [0.5, 0.6) is 0 Å². The van der Waals surface area contributed by atoms with Gasteiger partial charge in [-0.15, -0.1) is 0 Å². The van der Waals surface area contributed by atoms with Crippen LogP contribution in [0.25, 0.3) is 0 Å². The predicted octanol–water partition coefficient (Wildman–Crippen LogP) is 3.68. The number of hydrogen-bond donors (Lipinski definition) is 2. The summed E-state index contributed by atoms with van der Waals surface area (Å²) in [6.07, 6.45) is 2.85. The molecule has 1 aliphatic rings. The molecule has 3 nitrogen and oxygen atoms in total. The second-order valence-corrected chi connectivity index (χ2v) is 6.37. The van der Waals surface area contributed by atoms with E-state index in [1.165, 1.54) is 12.1 Å². The van der Waals surface area contributed by atoms with Crippen LogP contribution < -0.4 is 11.1 Å². The third-order valence-corrected chi connectivity index (χ3v) is 4.78. The van der Waals surface area contributed by atoms with Gasteiger partial charge in [-0.2, -0.15) is 0 Å². The number of hydrogen-bond acceptors (Lipinski definition) is 2. The van der Waals surface area contributed by atoms with Gasteiger partial charge >= 0.3 is 0 Å². The van der Waals surface area contributed by atoms with Gasteiger partial charge in [-0.1, -0.05) is 29.6 Å². The van der Waals surface area contributed by atoms with E-state index in [-0.39, 0.29) is 28.8 Å². The van der Waals surface area contributed by atoms with Gasteiger partial charge in [0, 0.05) is 10.9 Å². The molecule has 3 atom stereocenters. The van der Waals surface area contributed by atoms with Gasteiger partial charge in [-0.25, -0.2) is 4.39 Å². The van der Waals surface area contributed by atoms with Crippen molar-refractivity contribution < 1.29 is 9.18 Å². The van der Waals surface area contributed by atoms with Gasteiger partial charge in [-0.05, 0) is 49.9 Å². The van der Waals surface area contributed by atoms with E-state index in [0.29, 0.717) is 17.1 Å². The molecule has 1 aliphatic carbocycles. The third-order valence-electron chi connectivity index (χ3n) is 4.16. The average Bonchev–Trinajstić information content (AvgIpc) is 2.91. The van der Waals surface area contributed by atoms with Gasteiger partial charge in [0.1, 0.15) is 5.82 Å². The molecule has 1 aromatic rings. The predicted molar refractivity (Wildman–Crippen MR) is 82.9 cm³/mol. The smallest absolute Gasteiger partial charge is 0.223 e. The van der Waals surface area contributed by atoms with Crippen LogP contribution in [-0.4, -0.2) is 12.5 Å². The molecule has 0 heterocycles. The van der Waals surface area contributed by atoms with Crippen LogP contribution in [0.1, 0.15) is 37.8 Å². The van der Waals surface area contributed by atoms with E-state index in [0.717, 1.165) is 19.3 Å². The van der Waals surface area contributed by atoms with E-state index in [1.807, 2.05) is 0 Å². The van der Waals surface area contributed by atoms with Crippen LogP contribution in [0.4, 0.5) is 4.39 Å². The fourth-order valence-corrected chi connectivity index (χ4v) is 3.48. The van der Waals surface area contributed by atoms with Crippen molar-refractivity contribution in [3.05, 3.63) is 33.6 Å². The Hall–Kier alpha value is -0.840. The molecule has 1 aromatic carbocycles. The minimum absolute atomic E-state index is 0.0266. The summed E-state index contributed by atoms with van der Waals surface area (Å²) < 4.78 is 13.6. The molecule has 3 N–H and O–H groups in total. The number of rotatable bonds is 4. The van der Waals surface area contributed by atoms with Crippen molar-refractivity contribution in [2.24, 2.45) is 17.6 Å². The summed E-state index contributed by atoms with van der Waals surface area (Å²) >= 11 is 11.8. The lowest BCUT2D eigenvalue weighted by Crippen LogP contribution is -2.36. The van der Waals surface area contributed by atoms with Crippen LogP contribution >= 0.6 is 23.2 Å². The molecular weight excluding hydrogens is 314 g/mol. The zero-order valence-electron chi connectivity index (χ0n) is 11.8. The lowest BCUT2D eigenvalue weighted by molar-refractivity contribution is -0.126. The normalized spacial score (nSPS) is 23.1.